The van der Waals surface area contributed by atoms with Crippen LogP contribution in [0.4, 0.5) is 17.6 Å². The van der Waals surface area contributed by atoms with Gasteiger partial charge in [-0.2, -0.15) is 26.6 Å². The van der Waals surface area contributed by atoms with Crippen LogP contribution in [0.1, 0.15) is 25.1 Å². The van der Waals surface area contributed by atoms with Crippen LogP contribution in [0.5, 0.6) is 0 Å². The van der Waals surface area contributed by atoms with Crippen LogP contribution in [0.25, 0.3) is 5.57 Å². The van der Waals surface area contributed by atoms with Gasteiger partial charge >= 0.3 is 16.2 Å². The highest BCUT2D eigenvalue weighted by molar-refractivity contribution is 7.87. The van der Waals surface area contributed by atoms with E-state index in [0.29, 0.717) is 3.98 Å². The van der Waals surface area contributed by atoms with Gasteiger partial charge in [-0.25, -0.2) is 4.39 Å². The third-order valence-corrected chi connectivity index (χ3v) is 8.17. The van der Waals surface area contributed by atoms with Crippen molar-refractivity contribution in [3.8, 4) is 0 Å². The SMILES string of the molecule is NC(=O)C(C=[N+](CC1=CC=C(c2ncon2)C=C(F)C1)S(=O)(=O)c1ccc(Cl)s1)CCC(F)(F)F. The van der Waals surface area contributed by atoms with E-state index >= 15 is 0 Å². The lowest BCUT2D eigenvalue weighted by Gasteiger charge is -2.11. The zero-order valence-electron chi connectivity index (χ0n) is 17.7. The van der Waals surface area contributed by atoms with Gasteiger partial charge in [0, 0.05) is 24.0 Å². The Labute approximate surface area is 206 Å². The third-order valence-electron chi connectivity index (χ3n) is 4.75. The minimum Gasteiger partial charge on any atom is -0.369 e. The minimum absolute atomic E-state index is 0.0999. The molecule has 3 rings (SSSR count). The van der Waals surface area contributed by atoms with Crippen molar-refractivity contribution in [1.82, 2.24) is 10.1 Å². The Balaban J connectivity index is 2.02. The zero-order chi connectivity index (χ0) is 25.8. The number of thiophene rings is 1. The lowest BCUT2D eigenvalue weighted by molar-refractivity contribution is -0.352. The molecule has 15 heteroatoms. The molecule has 1 aliphatic carbocycles. The van der Waals surface area contributed by atoms with Crippen molar-refractivity contribution in [2.75, 3.05) is 6.54 Å². The number of primary amides is 1. The van der Waals surface area contributed by atoms with Gasteiger partial charge in [0.25, 0.3) is 0 Å². The Morgan fingerprint density at radius 3 is 2.66 bits per heavy atom. The molecule has 0 radical (unpaired) electrons. The van der Waals surface area contributed by atoms with Crippen molar-refractivity contribution >= 4 is 50.7 Å². The van der Waals surface area contributed by atoms with Gasteiger partial charge in [-0.05, 0) is 24.6 Å². The standard InChI is InChI=1S/C20H17ClF4N4O4S2/c21-16-3-4-17(34-16)35(31,32)29(10-14(18(26)30)5-6-20(23,24)25)9-12-1-2-13(8-15(22)7-12)19-27-11-33-28-19/h1-4,8,10-11,14H,5-7,9H2,(H-,26,30)/p+1. The van der Waals surface area contributed by atoms with Crippen LogP contribution < -0.4 is 5.73 Å². The molecular weight excluding hydrogens is 536 g/mol. The van der Waals surface area contributed by atoms with Crippen molar-refractivity contribution < 1.29 is 39.3 Å². The Kier molecular flexibility index (Phi) is 8.28. The van der Waals surface area contributed by atoms with E-state index < -0.39 is 53.2 Å². The van der Waals surface area contributed by atoms with Gasteiger partial charge in [-0.3, -0.25) is 4.79 Å². The number of halogens is 5. The summed E-state index contributed by atoms with van der Waals surface area (Å²) in [7, 11) is -4.37. The molecule has 188 valence electrons. The molecule has 2 N–H and O–H groups in total. The Bertz CT molecular complexity index is 1310. The number of nitrogens with zero attached hydrogens (tertiary/aromatic N) is 3. The second kappa shape index (κ2) is 10.8. The van der Waals surface area contributed by atoms with Gasteiger partial charge in [-0.1, -0.05) is 28.9 Å². The van der Waals surface area contributed by atoms with Crippen molar-refractivity contribution in [3.05, 3.63) is 58.3 Å². The predicted molar refractivity (Wildman–Crippen MR) is 120 cm³/mol. The normalized spacial score (nSPS) is 16.3. The topological polar surface area (TPSA) is 119 Å². The first kappa shape index (κ1) is 26.8. The number of allylic oxidation sites excluding steroid dienone is 5. The molecule has 1 atom stereocenters. The van der Waals surface area contributed by atoms with E-state index in [-0.39, 0.29) is 31.9 Å². The monoisotopic (exact) mass is 553 g/mol. The lowest BCUT2D eigenvalue weighted by atomic mass is 10.0. The summed E-state index contributed by atoms with van der Waals surface area (Å²) >= 11 is 6.57. The average Bonchev–Trinajstić information content (AvgIpc) is 3.40. The van der Waals surface area contributed by atoms with Crippen LogP contribution in [0.15, 0.2) is 56.9 Å². The van der Waals surface area contributed by atoms with E-state index in [0.717, 1.165) is 30.0 Å². The molecule has 2 heterocycles. The molecule has 1 unspecified atom stereocenters. The number of hydrogen-bond acceptors (Lipinski definition) is 7. The maximum Gasteiger partial charge on any atom is 0.404 e. The fourth-order valence-corrected chi connectivity index (χ4v) is 6.08. The van der Waals surface area contributed by atoms with Gasteiger partial charge < -0.3 is 10.3 Å². The molecule has 35 heavy (non-hydrogen) atoms. The molecular formula is C20H18ClF4N4O4S2+. The lowest BCUT2D eigenvalue weighted by Crippen LogP contribution is -2.33. The van der Waals surface area contributed by atoms with E-state index in [2.05, 4.69) is 14.7 Å². The van der Waals surface area contributed by atoms with Crippen LogP contribution in [-0.2, 0) is 14.8 Å². The second-order valence-electron chi connectivity index (χ2n) is 7.39. The molecule has 0 fully saturated rings. The van der Waals surface area contributed by atoms with E-state index in [1.807, 2.05) is 0 Å². The van der Waals surface area contributed by atoms with Gasteiger partial charge in [0.15, 0.2) is 17.0 Å². The van der Waals surface area contributed by atoms with Crippen molar-refractivity contribution in [1.29, 1.82) is 0 Å². The van der Waals surface area contributed by atoms with E-state index in [1.165, 1.54) is 24.3 Å². The van der Waals surface area contributed by atoms with Crippen LogP contribution in [0.2, 0.25) is 4.34 Å². The van der Waals surface area contributed by atoms with Crippen LogP contribution in [-0.4, -0.2) is 47.4 Å². The maximum absolute atomic E-state index is 14.6. The largest absolute Gasteiger partial charge is 0.404 e. The summed E-state index contributed by atoms with van der Waals surface area (Å²) in [5.41, 5.74) is 5.75. The molecule has 0 saturated heterocycles. The molecule has 2 aromatic heterocycles. The number of amides is 1. The fraction of sp³-hybridized carbons (Fsp3) is 0.300. The summed E-state index contributed by atoms with van der Waals surface area (Å²) < 4.78 is 84.6. The Morgan fingerprint density at radius 2 is 2.09 bits per heavy atom. The Hall–Kier alpha value is -2.84. The molecule has 8 nitrogen and oxygen atoms in total. The second-order valence-corrected chi connectivity index (χ2v) is 11.2. The first-order chi connectivity index (χ1) is 16.3. The highest BCUT2D eigenvalue weighted by Crippen LogP contribution is 2.29. The highest BCUT2D eigenvalue weighted by atomic mass is 35.5. The molecule has 1 amide bonds. The molecule has 0 bridgehead atoms. The summed E-state index contributed by atoms with van der Waals surface area (Å²) in [4.78, 5) is 15.7. The summed E-state index contributed by atoms with van der Waals surface area (Å²) in [6.45, 7) is -0.467. The molecule has 1 aliphatic rings. The summed E-state index contributed by atoms with van der Waals surface area (Å²) in [5.74, 6) is -3.24. The van der Waals surface area contributed by atoms with E-state index in [1.54, 1.807) is 0 Å². The number of rotatable bonds is 9. The van der Waals surface area contributed by atoms with Gasteiger partial charge in [0.1, 0.15) is 11.7 Å². The Morgan fingerprint density at radius 1 is 1.34 bits per heavy atom. The van der Waals surface area contributed by atoms with Crippen molar-refractivity contribution in [2.45, 2.75) is 29.6 Å². The molecule has 0 saturated carbocycles. The fourth-order valence-electron chi connectivity index (χ4n) is 3.08. The minimum atomic E-state index is -4.58. The first-order valence-corrected chi connectivity index (χ1v) is 12.5. The number of aromatic nitrogens is 2. The number of hydrogen-bond donors (Lipinski definition) is 1. The zero-order valence-corrected chi connectivity index (χ0v) is 20.1. The summed E-state index contributed by atoms with van der Waals surface area (Å²) in [5, 5.41) is 3.62. The highest BCUT2D eigenvalue weighted by Gasteiger charge is 2.35. The third kappa shape index (κ3) is 7.32. The molecule has 0 aromatic carbocycles. The first-order valence-electron chi connectivity index (χ1n) is 9.86. The number of carbonyl (C=O) groups excluding carboxylic acids is 1. The maximum atomic E-state index is 14.6. The summed E-state index contributed by atoms with van der Waals surface area (Å²) in [6.07, 6.45) is -1.11. The quantitative estimate of drug-likeness (QED) is 0.281. The average molecular weight is 554 g/mol. The van der Waals surface area contributed by atoms with Crippen molar-refractivity contribution in [3.63, 3.8) is 0 Å². The van der Waals surface area contributed by atoms with Crippen LogP contribution >= 0.6 is 22.9 Å². The smallest absolute Gasteiger partial charge is 0.369 e. The summed E-state index contributed by atoms with van der Waals surface area (Å²) in [6, 6.07) is 2.55. The van der Waals surface area contributed by atoms with E-state index in [9.17, 15) is 30.8 Å². The number of carbonyl (C=O) groups is 1. The molecule has 2 aromatic rings. The molecule has 0 aliphatic heterocycles. The number of sulfonamides is 1. The van der Waals surface area contributed by atoms with Gasteiger partial charge in [0.05, 0.1) is 4.34 Å². The van der Waals surface area contributed by atoms with Gasteiger partial charge in [0.2, 0.25) is 18.1 Å². The number of alkyl halides is 3. The molecule has 0 spiro atoms. The van der Waals surface area contributed by atoms with Gasteiger partial charge in [-0.15, -0.1) is 15.3 Å². The number of nitrogens with two attached hydrogens (primary N) is 1. The van der Waals surface area contributed by atoms with Crippen LogP contribution in [0.3, 0.4) is 0 Å². The van der Waals surface area contributed by atoms with Crippen LogP contribution in [0, 0.1) is 5.92 Å². The van der Waals surface area contributed by atoms with Crippen molar-refractivity contribution in [2.24, 2.45) is 11.7 Å². The predicted octanol–water partition coefficient (Wildman–Crippen LogP) is 4.27. The van der Waals surface area contributed by atoms with E-state index in [4.69, 9.17) is 17.3 Å².